The Morgan fingerprint density at radius 2 is 1.45 bits per heavy atom. The van der Waals surface area contributed by atoms with Gasteiger partial charge in [-0.25, -0.2) is 14.5 Å². The number of hydrogen-bond donors (Lipinski definition) is 4. The fourth-order valence-corrected chi connectivity index (χ4v) is 11.1. The summed E-state index contributed by atoms with van der Waals surface area (Å²) in [7, 11) is 3.15. The summed E-state index contributed by atoms with van der Waals surface area (Å²) in [5.74, 6) is 1.35. The maximum atomic E-state index is 16.9. The van der Waals surface area contributed by atoms with Crippen molar-refractivity contribution < 1.29 is 48.4 Å². The zero-order chi connectivity index (χ0) is 53.5. The van der Waals surface area contributed by atoms with Gasteiger partial charge in [-0.05, 0) is 65.0 Å². The minimum absolute atomic E-state index is 0.0755. The fraction of sp³-hybridized carbons (Fsp3) is 0.295. The Kier molecular flexibility index (Phi) is 16.1. The Morgan fingerprint density at radius 3 is 2.11 bits per heavy atom. The van der Waals surface area contributed by atoms with Crippen LogP contribution in [0.4, 0.5) is 10.5 Å². The number of amides is 4. The van der Waals surface area contributed by atoms with Gasteiger partial charge >= 0.3 is 18.0 Å². The smallest absolute Gasteiger partial charge is 0.329 e. The number of cyclic esters (lactones) is 1. The van der Waals surface area contributed by atoms with Gasteiger partial charge in [-0.1, -0.05) is 165 Å². The lowest BCUT2D eigenvalue weighted by molar-refractivity contribution is -0.178. The number of anilines is 1. The topological polar surface area (TPSA) is 187 Å². The number of fused-ring (bicyclic) bond motifs is 3. The third kappa shape index (κ3) is 10.2. The maximum absolute atomic E-state index is 16.9. The average molecular weight is 1020 g/mol. The van der Waals surface area contributed by atoms with Crippen molar-refractivity contribution in [3.63, 3.8) is 0 Å². The average Bonchev–Trinajstić information content (AvgIpc) is 4.12. The number of para-hydroxylation sites is 1. The molecule has 390 valence electrons. The highest BCUT2D eigenvalue weighted by Gasteiger charge is 2.76. The molecule has 2 saturated heterocycles. The van der Waals surface area contributed by atoms with Gasteiger partial charge in [0, 0.05) is 24.2 Å². The van der Waals surface area contributed by atoms with Gasteiger partial charge in [0.2, 0.25) is 11.8 Å². The van der Waals surface area contributed by atoms with Crippen LogP contribution in [-0.2, 0) is 40.6 Å². The first-order valence-electron chi connectivity index (χ1n) is 25.4. The molecule has 1 spiro atoms. The van der Waals surface area contributed by atoms with E-state index < -0.39 is 83.4 Å². The lowest BCUT2D eigenvalue weighted by Gasteiger charge is -2.46. The highest BCUT2D eigenvalue weighted by molar-refractivity contribution is 6.25. The van der Waals surface area contributed by atoms with Gasteiger partial charge in [0.25, 0.3) is 0 Å². The Bertz CT molecular complexity index is 3110. The van der Waals surface area contributed by atoms with Crippen molar-refractivity contribution in [3.05, 3.63) is 203 Å². The molecule has 0 radical (unpaired) electrons. The van der Waals surface area contributed by atoms with Crippen LogP contribution in [0.2, 0.25) is 0 Å². The van der Waals surface area contributed by atoms with Crippen molar-refractivity contribution in [2.24, 2.45) is 11.8 Å². The predicted octanol–water partition coefficient (Wildman–Crippen LogP) is 6.96. The summed E-state index contributed by atoms with van der Waals surface area (Å²) < 4.78 is 18.1. The van der Waals surface area contributed by atoms with Gasteiger partial charge in [-0.2, -0.15) is 0 Å². The van der Waals surface area contributed by atoms with Crippen molar-refractivity contribution in [2.45, 2.75) is 62.2 Å². The van der Waals surface area contributed by atoms with E-state index in [4.69, 9.17) is 14.2 Å². The standard InChI is InChI=1S/C61H61N5O10/c1-39(2)51(57(70)74-4)63-60(73)65-47-32-31-40(22-19-33-64(3)38-41-20-9-5-10-21-41)36-46(47)61(59(65)72)50(56(69)62-37-48(68)42-23-11-6-12-24-42)53-58(71)76-54(44-27-15-8-16-28-44)52(43-25-13-7-14-26-43)66(53)55(61)45-29-17-18-30-49(45)75-35-34-67/h5-18,20-21,23-32,36,39,48,50-55,67-68H,33-35,37-38H2,1-4H3,(H,62,69)(H,63,73)/t48-,50-,51-,52-,53-,54+,55+,61-/m0/s1. The summed E-state index contributed by atoms with van der Waals surface area (Å²) in [6, 6.07) is 43.2. The number of nitrogens with one attached hydrogen (secondary N) is 2. The molecule has 4 N–H and O–H groups in total. The molecule has 0 saturated carbocycles. The largest absolute Gasteiger partial charge is 0.491 e. The molecule has 0 aliphatic carbocycles. The van der Waals surface area contributed by atoms with E-state index in [1.807, 2.05) is 103 Å². The molecule has 0 bridgehead atoms. The molecule has 76 heavy (non-hydrogen) atoms. The first-order chi connectivity index (χ1) is 36.9. The summed E-state index contributed by atoms with van der Waals surface area (Å²) in [4.78, 5) is 81.9. The van der Waals surface area contributed by atoms with Gasteiger partial charge in [-0.3, -0.25) is 24.2 Å². The van der Waals surface area contributed by atoms with E-state index in [0.29, 0.717) is 40.9 Å². The van der Waals surface area contributed by atoms with Gasteiger partial charge in [0.1, 0.15) is 36.0 Å². The van der Waals surface area contributed by atoms with Crippen LogP contribution in [0.5, 0.6) is 5.75 Å². The Balaban J connectivity index is 1.32. The van der Waals surface area contributed by atoms with Crippen LogP contribution in [-0.4, -0.2) is 102 Å². The third-order valence-electron chi connectivity index (χ3n) is 14.4. The maximum Gasteiger partial charge on any atom is 0.329 e. The number of urea groups is 1. The molecule has 8 atom stereocenters. The molecule has 4 amide bonds. The summed E-state index contributed by atoms with van der Waals surface area (Å²) in [5.41, 5.74) is 1.76. The first-order valence-corrected chi connectivity index (χ1v) is 25.4. The van der Waals surface area contributed by atoms with E-state index in [-0.39, 0.29) is 36.8 Å². The number of carbonyl (C=O) groups excluding carboxylic acids is 5. The molecule has 6 aromatic rings. The number of esters is 2. The highest BCUT2D eigenvalue weighted by atomic mass is 16.6. The highest BCUT2D eigenvalue weighted by Crippen LogP contribution is 2.66. The molecule has 2 fully saturated rings. The molecule has 3 heterocycles. The number of methoxy groups -OCH3 is 1. The van der Waals surface area contributed by atoms with Crippen LogP contribution in [0.25, 0.3) is 0 Å². The van der Waals surface area contributed by atoms with Crippen molar-refractivity contribution >= 4 is 35.5 Å². The molecule has 6 aromatic carbocycles. The number of aliphatic hydroxyl groups is 2. The quantitative estimate of drug-likeness (QED) is 0.0578. The fourth-order valence-electron chi connectivity index (χ4n) is 11.1. The second-order valence-electron chi connectivity index (χ2n) is 19.6. The second kappa shape index (κ2) is 23.2. The van der Waals surface area contributed by atoms with Crippen LogP contribution >= 0.6 is 0 Å². The molecule has 3 aliphatic heterocycles. The summed E-state index contributed by atoms with van der Waals surface area (Å²) in [6.45, 7) is 3.58. The van der Waals surface area contributed by atoms with Gasteiger partial charge in [-0.15, -0.1) is 0 Å². The van der Waals surface area contributed by atoms with Crippen molar-refractivity contribution in [2.75, 3.05) is 45.4 Å². The van der Waals surface area contributed by atoms with Gasteiger partial charge in [0.05, 0.1) is 50.1 Å². The van der Waals surface area contributed by atoms with Crippen LogP contribution in [0.3, 0.4) is 0 Å². The Morgan fingerprint density at radius 1 is 0.816 bits per heavy atom. The number of hydrogen-bond acceptors (Lipinski definition) is 12. The van der Waals surface area contributed by atoms with E-state index in [2.05, 4.69) is 27.4 Å². The number of imide groups is 1. The van der Waals surface area contributed by atoms with Crippen LogP contribution in [0, 0.1) is 23.7 Å². The Hall–Kier alpha value is -8.13. The number of morpholine rings is 1. The van der Waals surface area contributed by atoms with Crippen LogP contribution in [0.1, 0.15) is 77.1 Å². The molecule has 0 aromatic heterocycles. The SMILES string of the molecule is COC(=O)[C@@H](NC(=O)N1C(=O)[C@@]2(c3cc(C#CCN(C)Cc4ccccc4)ccc31)[C@H](C(=O)NC[C@H](O)c1ccccc1)[C@H]1C(=O)O[C@H](c3ccccc3)[C@H](c3ccccc3)N1[C@@H]2c1ccccc1OCCO)C(C)C. The zero-order valence-corrected chi connectivity index (χ0v) is 42.7. The first kappa shape index (κ1) is 52.7. The summed E-state index contributed by atoms with van der Waals surface area (Å²) in [5, 5.41) is 27.5. The Labute approximate surface area is 442 Å². The van der Waals surface area contributed by atoms with Gasteiger partial charge in [0.15, 0.2) is 0 Å². The molecule has 0 unspecified atom stereocenters. The molecule has 15 nitrogen and oxygen atoms in total. The van der Waals surface area contributed by atoms with Crippen LogP contribution in [0.15, 0.2) is 164 Å². The van der Waals surface area contributed by atoms with E-state index in [9.17, 15) is 15.0 Å². The number of aliphatic hydroxyl groups excluding tert-OH is 2. The minimum Gasteiger partial charge on any atom is -0.491 e. The monoisotopic (exact) mass is 1020 g/mol. The third-order valence-corrected chi connectivity index (χ3v) is 14.4. The normalized spacial score (nSPS) is 21.5. The number of rotatable bonds is 16. The number of carbonyl (C=O) groups is 5. The van der Waals surface area contributed by atoms with Crippen LogP contribution < -0.4 is 20.3 Å². The number of nitrogens with zero attached hydrogens (tertiary/aromatic N) is 3. The predicted molar refractivity (Wildman–Crippen MR) is 284 cm³/mol. The lowest BCUT2D eigenvalue weighted by atomic mass is 9.65. The molecular formula is C61H61N5O10. The lowest BCUT2D eigenvalue weighted by Crippen LogP contribution is -2.58. The zero-order valence-electron chi connectivity index (χ0n) is 42.7. The van der Waals surface area contributed by atoms with E-state index in [0.717, 1.165) is 10.5 Å². The molecule has 9 rings (SSSR count). The van der Waals surface area contributed by atoms with E-state index in [1.165, 1.54) is 7.11 Å². The molecular weight excluding hydrogens is 963 g/mol. The van der Waals surface area contributed by atoms with E-state index >= 15 is 19.2 Å². The minimum atomic E-state index is -2.23. The van der Waals surface area contributed by atoms with Crippen molar-refractivity contribution in [1.29, 1.82) is 0 Å². The molecule has 15 heteroatoms. The summed E-state index contributed by atoms with van der Waals surface area (Å²) >= 11 is 0. The van der Waals surface area contributed by atoms with Gasteiger partial charge < -0.3 is 35.1 Å². The van der Waals surface area contributed by atoms with Crippen molar-refractivity contribution in [3.8, 4) is 17.6 Å². The molecule has 3 aliphatic rings. The van der Waals surface area contributed by atoms with Crippen molar-refractivity contribution in [1.82, 2.24) is 20.4 Å². The summed E-state index contributed by atoms with van der Waals surface area (Å²) in [6.07, 6.45) is -2.21. The van der Waals surface area contributed by atoms with E-state index in [1.54, 1.807) is 86.6 Å². The second-order valence-corrected chi connectivity index (χ2v) is 19.6. The number of ether oxygens (including phenoxy) is 3. The number of benzene rings is 6.